The first kappa shape index (κ1) is 12.7. The van der Waals surface area contributed by atoms with Crippen molar-refractivity contribution < 1.29 is 9.53 Å². The van der Waals surface area contributed by atoms with Crippen molar-refractivity contribution in [2.45, 2.75) is 0 Å². The van der Waals surface area contributed by atoms with Crippen LogP contribution in [0.4, 0.5) is 0 Å². The van der Waals surface area contributed by atoms with Gasteiger partial charge in [-0.25, -0.2) is 9.97 Å². The van der Waals surface area contributed by atoms with Crippen LogP contribution in [-0.4, -0.2) is 16.3 Å². The van der Waals surface area contributed by atoms with Crippen LogP contribution < -0.4 is 4.74 Å². The Balaban J connectivity index is 1.97. The highest BCUT2D eigenvalue weighted by molar-refractivity contribution is 9.10. The molecule has 0 amide bonds. The molecule has 4 nitrogen and oxygen atoms in total. The summed E-state index contributed by atoms with van der Waals surface area (Å²) in [4.78, 5) is 18.5. The van der Waals surface area contributed by atoms with Crippen LogP contribution >= 0.6 is 15.9 Å². The van der Waals surface area contributed by atoms with Crippen LogP contribution in [0.5, 0.6) is 11.8 Å². The van der Waals surface area contributed by atoms with E-state index in [-0.39, 0.29) is 6.01 Å². The van der Waals surface area contributed by atoms with Crippen molar-refractivity contribution in [2.24, 2.45) is 0 Å². The van der Waals surface area contributed by atoms with Gasteiger partial charge in [-0.15, -0.1) is 0 Å². The number of aromatic nitrogens is 2. The third-order valence-corrected chi connectivity index (χ3v) is 3.63. The molecule has 2 aromatic carbocycles. The van der Waals surface area contributed by atoms with Crippen LogP contribution in [0, 0.1) is 0 Å². The van der Waals surface area contributed by atoms with E-state index in [0.29, 0.717) is 17.6 Å². The molecule has 0 saturated carbocycles. The van der Waals surface area contributed by atoms with Crippen LogP contribution in [0.2, 0.25) is 0 Å². The summed E-state index contributed by atoms with van der Waals surface area (Å²) in [6.45, 7) is 0. The zero-order chi connectivity index (χ0) is 13.9. The molecule has 5 heteroatoms. The standard InChI is InChI=1S/C15H9BrN2O2/c16-14-12-4-2-1-3-11(12)5-6-13(14)20-15-17-7-10(9-19)8-18-15/h1-9H. The maximum atomic E-state index is 10.5. The number of rotatable bonds is 3. The van der Waals surface area contributed by atoms with E-state index in [0.717, 1.165) is 15.2 Å². The van der Waals surface area contributed by atoms with Crippen molar-refractivity contribution in [1.82, 2.24) is 9.97 Å². The van der Waals surface area contributed by atoms with Gasteiger partial charge in [0.25, 0.3) is 0 Å². The Morgan fingerprint density at radius 1 is 1.05 bits per heavy atom. The van der Waals surface area contributed by atoms with Crippen molar-refractivity contribution in [3.8, 4) is 11.8 Å². The third-order valence-electron chi connectivity index (χ3n) is 2.81. The molecular weight excluding hydrogens is 320 g/mol. The van der Waals surface area contributed by atoms with Crippen molar-refractivity contribution in [2.75, 3.05) is 0 Å². The monoisotopic (exact) mass is 328 g/mol. The van der Waals surface area contributed by atoms with E-state index >= 15 is 0 Å². The predicted molar refractivity (Wildman–Crippen MR) is 79.1 cm³/mol. The summed E-state index contributed by atoms with van der Waals surface area (Å²) in [5.41, 5.74) is 0.412. The fourth-order valence-corrected chi connectivity index (χ4v) is 2.40. The van der Waals surface area contributed by atoms with Crippen LogP contribution in [0.15, 0.2) is 53.3 Å². The number of aldehydes is 1. The zero-order valence-electron chi connectivity index (χ0n) is 10.3. The van der Waals surface area contributed by atoms with Crippen LogP contribution in [0.3, 0.4) is 0 Å². The van der Waals surface area contributed by atoms with Crippen molar-refractivity contribution in [3.05, 3.63) is 58.8 Å². The van der Waals surface area contributed by atoms with Gasteiger partial charge < -0.3 is 4.74 Å². The maximum absolute atomic E-state index is 10.5. The lowest BCUT2D eigenvalue weighted by Crippen LogP contribution is -1.94. The highest BCUT2D eigenvalue weighted by Crippen LogP contribution is 2.34. The second-order valence-electron chi connectivity index (χ2n) is 4.12. The second kappa shape index (κ2) is 5.38. The van der Waals surface area contributed by atoms with Crippen molar-refractivity contribution in [3.63, 3.8) is 0 Å². The Labute approximate surface area is 123 Å². The van der Waals surface area contributed by atoms with Gasteiger partial charge in [-0.2, -0.15) is 0 Å². The smallest absolute Gasteiger partial charge is 0.321 e. The highest BCUT2D eigenvalue weighted by Gasteiger charge is 2.08. The van der Waals surface area contributed by atoms with Gasteiger partial charge in [0.15, 0.2) is 6.29 Å². The summed E-state index contributed by atoms with van der Waals surface area (Å²) >= 11 is 3.53. The topological polar surface area (TPSA) is 52.1 Å². The number of nitrogens with zero attached hydrogens (tertiary/aromatic N) is 2. The molecular formula is C15H9BrN2O2. The van der Waals surface area contributed by atoms with Gasteiger partial charge in [-0.3, -0.25) is 4.79 Å². The molecule has 20 heavy (non-hydrogen) atoms. The second-order valence-corrected chi connectivity index (χ2v) is 4.91. The Morgan fingerprint density at radius 3 is 2.55 bits per heavy atom. The average Bonchev–Trinajstić information content (AvgIpc) is 2.51. The molecule has 0 atom stereocenters. The van der Waals surface area contributed by atoms with Gasteiger partial charge in [-0.05, 0) is 32.8 Å². The summed E-state index contributed by atoms with van der Waals surface area (Å²) in [7, 11) is 0. The molecule has 0 spiro atoms. The molecule has 0 saturated heterocycles. The number of carbonyl (C=O) groups excluding carboxylic acids is 1. The van der Waals surface area contributed by atoms with Gasteiger partial charge in [-0.1, -0.05) is 30.3 Å². The zero-order valence-corrected chi connectivity index (χ0v) is 11.9. The van der Waals surface area contributed by atoms with E-state index in [4.69, 9.17) is 4.74 Å². The highest BCUT2D eigenvalue weighted by atomic mass is 79.9. The molecule has 0 N–H and O–H groups in total. The molecule has 98 valence electrons. The number of halogens is 1. The molecule has 0 unspecified atom stereocenters. The molecule has 3 rings (SSSR count). The Kier molecular flexibility index (Phi) is 3.43. The summed E-state index contributed by atoms with van der Waals surface area (Å²) in [6.07, 6.45) is 3.53. The van der Waals surface area contributed by atoms with Gasteiger partial charge >= 0.3 is 6.01 Å². The lowest BCUT2D eigenvalue weighted by molar-refractivity contribution is 0.112. The fourth-order valence-electron chi connectivity index (χ4n) is 1.83. The van der Waals surface area contributed by atoms with E-state index in [1.807, 2.05) is 36.4 Å². The molecule has 0 aliphatic rings. The van der Waals surface area contributed by atoms with Gasteiger partial charge in [0.2, 0.25) is 0 Å². The Morgan fingerprint density at radius 2 is 1.80 bits per heavy atom. The van der Waals surface area contributed by atoms with Gasteiger partial charge in [0.05, 0.1) is 10.0 Å². The van der Waals surface area contributed by atoms with Crippen molar-refractivity contribution in [1.29, 1.82) is 0 Å². The molecule has 0 aliphatic carbocycles. The molecule has 3 aromatic rings. The third kappa shape index (κ3) is 2.40. The summed E-state index contributed by atoms with van der Waals surface area (Å²) in [5, 5.41) is 2.17. The number of hydrogen-bond acceptors (Lipinski definition) is 4. The Hall–Kier alpha value is -2.27. The van der Waals surface area contributed by atoms with Gasteiger partial charge in [0.1, 0.15) is 5.75 Å². The van der Waals surface area contributed by atoms with Crippen LogP contribution in [0.1, 0.15) is 10.4 Å². The molecule has 1 aromatic heterocycles. The van der Waals surface area contributed by atoms with Crippen LogP contribution in [-0.2, 0) is 0 Å². The first-order valence-electron chi connectivity index (χ1n) is 5.90. The first-order valence-corrected chi connectivity index (χ1v) is 6.69. The minimum atomic E-state index is 0.201. The van der Waals surface area contributed by atoms with E-state index in [2.05, 4.69) is 25.9 Å². The maximum Gasteiger partial charge on any atom is 0.321 e. The van der Waals surface area contributed by atoms with Gasteiger partial charge in [0, 0.05) is 12.4 Å². The summed E-state index contributed by atoms with van der Waals surface area (Å²) in [6, 6.07) is 12.0. The fraction of sp³-hybridized carbons (Fsp3) is 0. The first-order chi connectivity index (χ1) is 9.78. The number of ether oxygens (including phenoxy) is 1. The molecule has 1 heterocycles. The minimum absolute atomic E-state index is 0.201. The lowest BCUT2D eigenvalue weighted by Gasteiger charge is -2.08. The SMILES string of the molecule is O=Cc1cnc(Oc2ccc3ccccc3c2Br)nc1. The Bertz CT molecular complexity index is 772. The number of carbonyl (C=O) groups is 1. The van der Waals surface area contributed by atoms with Crippen molar-refractivity contribution >= 4 is 33.0 Å². The molecule has 0 aliphatic heterocycles. The largest absolute Gasteiger partial charge is 0.423 e. The number of benzene rings is 2. The summed E-state index contributed by atoms with van der Waals surface area (Å²) in [5.74, 6) is 0.627. The average molecular weight is 329 g/mol. The van der Waals surface area contributed by atoms with E-state index in [1.54, 1.807) is 0 Å². The summed E-state index contributed by atoms with van der Waals surface area (Å²) < 4.78 is 6.48. The van der Waals surface area contributed by atoms with E-state index in [1.165, 1.54) is 12.4 Å². The van der Waals surface area contributed by atoms with E-state index < -0.39 is 0 Å². The van der Waals surface area contributed by atoms with Crippen LogP contribution in [0.25, 0.3) is 10.8 Å². The number of fused-ring (bicyclic) bond motifs is 1. The minimum Gasteiger partial charge on any atom is -0.423 e. The number of hydrogen-bond donors (Lipinski definition) is 0. The molecule has 0 bridgehead atoms. The molecule has 0 fully saturated rings. The quantitative estimate of drug-likeness (QED) is 0.682. The molecule has 0 radical (unpaired) electrons. The predicted octanol–water partition coefficient (Wildman–Crippen LogP) is 4.00. The van der Waals surface area contributed by atoms with E-state index in [9.17, 15) is 4.79 Å². The normalized spacial score (nSPS) is 10.4. The lowest BCUT2D eigenvalue weighted by atomic mass is 10.1.